The molecule has 0 bridgehead atoms. The Morgan fingerprint density at radius 3 is 2.47 bits per heavy atom. The van der Waals surface area contributed by atoms with E-state index in [0.717, 1.165) is 31.6 Å². The summed E-state index contributed by atoms with van der Waals surface area (Å²) in [5.74, 6) is 1.99. The quantitative estimate of drug-likeness (QED) is 0.730. The first kappa shape index (κ1) is 15.0. The van der Waals surface area contributed by atoms with Crippen LogP contribution in [0.3, 0.4) is 0 Å². The second kappa shape index (κ2) is 5.94. The maximum Gasteiger partial charge on any atom is 0.306 e. The van der Waals surface area contributed by atoms with Crippen molar-refractivity contribution >= 4 is 16.8 Å². The number of carbonyl (C=O) groups is 1. The lowest BCUT2D eigenvalue weighted by atomic mass is 9.81. The first-order valence-corrected chi connectivity index (χ1v) is 8.78. The molecule has 2 fully saturated rings. The van der Waals surface area contributed by atoms with E-state index in [1.807, 2.05) is 0 Å². The summed E-state index contributed by atoms with van der Waals surface area (Å²) in [6, 6.07) is 0. The summed E-state index contributed by atoms with van der Waals surface area (Å²) in [6.07, 6.45) is 5.89. The predicted molar refractivity (Wildman–Crippen MR) is 77.3 cm³/mol. The third kappa shape index (κ3) is 3.80. The average Bonchev–Trinajstić information content (AvgIpc) is 3.11. The van der Waals surface area contributed by atoms with Crippen molar-refractivity contribution in [2.24, 2.45) is 17.3 Å². The lowest BCUT2D eigenvalue weighted by molar-refractivity contribution is -0.141. The van der Waals surface area contributed by atoms with Crippen LogP contribution in [0, 0.1) is 17.3 Å². The molecule has 2 aliphatic rings. The molecule has 0 heterocycles. The van der Waals surface area contributed by atoms with Crippen LogP contribution in [0.15, 0.2) is 0 Å². The van der Waals surface area contributed by atoms with Crippen molar-refractivity contribution in [3.63, 3.8) is 0 Å². The molecule has 0 saturated heterocycles. The van der Waals surface area contributed by atoms with Gasteiger partial charge in [-0.15, -0.1) is 0 Å². The fraction of sp³-hybridized carbons (Fsp3) is 0.933. The minimum atomic E-state index is -0.775. The first-order valence-electron chi connectivity index (χ1n) is 7.40. The van der Waals surface area contributed by atoms with E-state index < -0.39 is 10.8 Å². The Kier molecular flexibility index (Phi) is 4.70. The molecule has 0 aromatic rings. The van der Waals surface area contributed by atoms with Gasteiger partial charge in [0, 0.05) is 21.8 Å². The minimum absolute atomic E-state index is 0.00422. The van der Waals surface area contributed by atoms with Crippen LogP contribution in [0.1, 0.15) is 52.4 Å². The average molecular weight is 286 g/mol. The molecule has 0 aromatic heterocycles. The van der Waals surface area contributed by atoms with Crippen molar-refractivity contribution in [3.8, 4) is 0 Å². The van der Waals surface area contributed by atoms with Gasteiger partial charge in [0.15, 0.2) is 0 Å². The van der Waals surface area contributed by atoms with Gasteiger partial charge in [-0.05, 0) is 49.4 Å². The molecule has 2 aliphatic carbocycles. The number of methoxy groups -OCH3 is 1. The van der Waals surface area contributed by atoms with Gasteiger partial charge in [0.05, 0.1) is 13.5 Å². The van der Waals surface area contributed by atoms with Crippen LogP contribution in [0.2, 0.25) is 0 Å². The molecule has 0 N–H and O–H groups in total. The highest BCUT2D eigenvalue weighted by atomic mass is 32.2. The van der Waals surface area contributed by atoms with Gasteiger partial charge in [-0.25, -0.2) is 0 Å². The van der Waals surface area contributed by atoms with E-state index in [1.54, 1.807) is 0 Å². The Morgan fingerprint density at radius 2 is 1.95 bits per heavy atom. The number of esters is 1. The third-order valence-corrected chi connectivity index (χ3v) is 7.14. The number of ether oxygens (including phenoxy) is 1. The Bertz CT molecular complexity index is 362. The standard InChI is InChI=1S/C15H26O3S/c1-11-4-5-13(8-12(11)2)19(17)10-15(6-7-15)9-14(16)18-3/h11-13H,4-10H2,1-3H3. The van der Waals surface area contributed by atoms with Crippen LogP contribution in [0.5, 0.6) is 0 Å². The van der Waals surface area contributed by atoms with Gasteiger partial charge < -0.3 is 4.74 Å². The van der Waals surface area contributed by atoms with Crippen LogP contribution < -0.4 is 0 Å². The van der Waals surface area contributed by atoms with E-state index in [2.05, 4.69) is 13.8 Å². The maximum atomic E-state index is 12.5. The molecule has 0 spiro atoms. The maximum absolute atomic E-state index is 12.5. The van der Waals surface area contributed by atoms with Gasteiger partial charge in [0.1, 0.15) is 0 Å². The molecule has 0 amide bonds. The van der Waals surface area contributed by atoms with Gasteiger partial charge >= 0.3 is 5.97 Å². The molecule has 0 radical (unpaired) electrons. The van der Waals surface area contributed by atoms with Crippen molar-refractivity contribution in [3.05, 3.63) is 0 Å². The molecule has 3 nitrogen and oxygen atoms in total. The van der Waals surface area contributed by atoms with Crippen molar-refractivity contribution in [1.29, 1.82) is 0 Å². The number of rotatable bonds is 5. The lowest BCUT2D eigenvalue weighted by Crippen LogP contribution is -2.31. The molecule has 4 heteroatoms. The zero-order chi connectivity index (χ0) is 14.0. The van der Waals surface area contributed by atoms with Crippen molar-refractivity contribution in [1.82, 2.24) is 0 Å². The van der Waals surface area contributed by atoms with Crippen LogP contribution in [-0.4, -0.2) is 28.3 Å². The smallest absolute Gasteiger partial charge is 0.306 e. The van der Waals surface area contributed by atoms with E-state index in [9.17, 15) is 9.00 Å². The first-order chi connectivity index (χ1) is 8.96. The molecule has 0 aromatic carbocycles. The van der Waals surface area contributed by atoms with Gasteiger partial charge in [0.25, 0.3) is 0 Å². The zero-order valence-electron chi connectivity index (χ0n) is 12.3. The van der Waals surface area contributed by atoms with Crippen LogP contribution >= 0.6 is 0 Å². The second-order valence-electron chi connectivity index (χ2n) is 6.67. The summed E-state index contributed by atoms with van der Waals surface area (Å²) in [5.41, 5.74) is 0.00422. The van der Waals surface area contributed by atoms with E-state index in [4.69, 9.17) is 4.74 Å². The molecule has 2 rings (SSSR count). The summed E-state index contributed by atoms with van der Waals surface area (Å²) < 4.78 is 17.3. The second-order valence-corrected chi connectivity index (χ2v) is 8.38. The van der Waals surface area contributed by atoms with Gasteiger partial charge in [-0.2, -0.15) is 0 Å². The Hall–Kier alpha value is -0.380. The molecule has 2 saturated carbocycles. The predicted octanol–water partition coefficient (Wildman–Crippen LogP) is 2.90. The highest BCUT2D eigenvalue weighted by Gasteiger charge is 2.47. The number of carbonyl (C=O) groups excluding carboxylic acids is 1. The highest BCUT2D eigenvalue weighted by molar-refractivity contribution is 7.85. The normalized spacial score (nSPS) is 34.6. The van der Waals surface area contributed by atoms with Gasteiger partial charge in [0.2, 0.25) is 0 Å². The van der Waals surface area contributed by atoms with Gasteiger partial charge in [-0.1, -0.05) is 13.8 Å². The molecule has 4 unspecified atom stereocenters. The molecule has 110 valence electrons. The van der Waals surface area contributed by atoms with Crippen LogP contribution in [0.25, 0.3) is 0 Å². The molecular formula is C15H26O3S. The minimum Gasteiger partial charge on any atom is -0.469 e. The number of hydrogen-bond donors (Lipinski definition) is 0. The Balaban J connectivity index is 1.86. The summed E-state index contributed by atoms with van der Waals surface area (Å²) in [4.78, 5) is 11.4. The Morgan fingerprint density at radius 1 is 1.26 bits per heavy atom. The van der Waals surface area contributed by atoms with Crippen molar-refractivity contribution < 1.29 is 13.7 Å². The zero-order valence-corrected chi connectivity index (χ0v) is 13.1. The Labute approximate surface area is 118 Å². The fourth-order valence-electron chi connectivity index (χ4n) is 3.08. The van der Waals surface area contributed by atoms with E-state index >= 15 is 0 Å². The fourth-order valence-corrected chi connectivity index (χ4v) is 5.23. The SMILES string of the molecule is COC(=O)CC1(CS(=O)C2CCC(C)C(C)C2)CC1. The number of hydrogen-bond acceptors (Lipinski definition) is 3. The van der Waals surface area contributed by atoms with Gasteiger partial charge in [-0.3, -0.25) is 9.00 Å². The van der Waals surface area contributed by atoms with E-state index in [-0.39, 0.29) is 11.4 Å². The van der Waals surface area contributed by atoms with Crippen LogP contribution in [0.4, 0.5) is 0 Å². The summed E-state index contributed by atoms with van der Waals surface area (Å²) >= 11 is 0. The van der Waals surface area contributed by atoms with Crippen molar-refractivity contribution in [2.45, 2.75) is 57.6 Å². The lowest BCUT2D eigenvalue weighted by Gasteiger charge is -2.32. The van der Waals surface area contributed by atoms with E-state index in [0.29, 0.717) is 23.3 Å². The molecule has 4 atom stereocenters. The highest BCUT2D eigenvalue weighted by Crippen LogP contribution is 2.50. The monoisotopic (exact) mass is 286 g/mol. The molecule has 19 heavy (non-hydrogen) atoms. The molecular weight excluding hydrogens is 260 g/mol. The summed E-state index contributed by atoms with van der Waals surface area (Å²) in [5, 5.41) is 0.348. The van der Waals surface area contributed by atoms with Crippen LogP contribution in [-0.2, 0) is 20.3 Å². The topological polar surface area (TPSA) is 43.4 Å². The molecule has 0 aliphatic heterocycles. The summed E-state index contributed by atoms with van der Waals surface area (Å²) in [7, 11) is 0.655. The van der Waals surface area contributed by atoms with Crippen molar-refractivity contribution in [2.75, 3.05) is 12.9 Å². The van der Waals surface area contributed by atoms with E-state index in [1.165, 1.54) is 13.5 Å². The summed E-state index contributed by atoms with van der Waals surface area (Å²) in [6.45, 7) is 4.57. The largest absolute Gasteiger partial charge is 0.469 e. The third-order valence-electron chi connectivity index (χ3n) is 5.07.